The molecule has 2 aromatic heterocycles. The van der Waals surface area contributed by atoms with Crippen molar-refractivity contribution in [1.29, 1.82) is 0 Å². The summed E-state index contributed by atoms with van der Waals surface area (Å²) in [6.07, 6.45) is 3.08. The second-order valence-corrected chi connectivity index (χ2v) is 7.73. The molecule has 0 N–H and O–H groups in total. The SMILES string of the molecule is Cc1cn(C)c([C@H]2CN(S(=O)(=O)c3cn(C)nc3C)CCO2)n1. The predicted molar refractivity (Wildman–Crippen MR) is 83.3 cm³/mol. The third-order valence-corrected chi connectivity index (χ3v) is 5.90. The number of nitrogens with zero attached hydrogens (tertiary/aromatic N) is 5. The molecule has 0 saturated carbocycles. The van der Waals surface area contributed by atoms with Crippen molar-refractivity contribution in [2.75, 3.05) is 19.7 Å². The molecular weight excluding hydrogens is 318 g/mol. The molecule has 0 aliphatic carbocycles. The second-order valence-electron chi connectivity index (χ2n) is 5.83. The highest BCUT2D eigenvalue weighted by Gasteiger charge is 2.34. The topological polar surface area (TPSA) is 82.2 Å². The predicted octanol–water partition coefficient (Wildman–Crippen LogP) is 0.533. The zero-order valence-corrected chi connectivity index (χ0v) is 14.5. The fourth-order valence-electron chi connectivity index (χ4n) is 2.90. The van der Waals surface area contributed by atoms with Crippen LogP contribution in [0.25, 0.3) is 0 Å². The van der Waals surface area contributed by atoms with Crippen molar-refractivity contribution in [2.45, 2.75) is 24.8 Å². The standard InChI is InChI=1S/C14H21N5O3S/c1-10-7-17(3)14(15-10)12-8-19(5-6-22-12)23(20,21)13-9-18(4)16-11(13)2/h7,9,12H,5-6,8H2,1-4H3/t12-/m1/s1. The van der Waals surface area contributed by atoms with E-state index in [1.54, 1.807) is 20.2 Å². The Morgan fingerprint density at radius 2 is 2.00 bits per heavy atom. The molecule has 1 saturated heterocycles. The van der Waals surface area contributed by atoms with Crippen molar-refractivity contribution in [3.63, 3.8) is 0 Å². The molecule has 3 heterocycles. The number of aryl methyl sites for hydroxylation is 4. The number of aromatic nitrogens is 4. The molecule has 23 heavy (non-hydrogen) atoms. The van der Waals surface area contributed by atoms with Crippen LogP contribution in [0.4, 0.5) is 0 Å². The smallest absolute Gasteiger partial charge is 0.246 e. The number of hydrogen-bond acceptors (Lipinski definition) is 5. The summed E-state index contributed by atoms with van der Waals surface area (Å²) < 4.78 is 36.4. The summed E-state index contributed by atoms with van der Waals surface area (Å²) in [6, 6.07) is 0. The quantitative estimate of drug-likeness (QED) is 0.815. The molecule has 0 spiro atoms. The maximum absolute atomic E-state index is 12.9. The van der Waals surface area contributed by atoms with Gasteiger partial charge in [0, 0.05) is 39.6 Å². The van der Waals surface area contributed by atoms with Gasteiger partial charge in [-0.1, -0.05) is 0 Å². The van der Waals surface area contributed by atoms with Crippen LogP contribution in [0.5, 0.6) is 0 Å². The Morgan fingerprint density at radius 1 is 1.26 bits per heavy atom. The Morgan fingerprint density at radius 3 is 2.57 bits per heavy atom. The summed E-state index contributed by atoms with van der Waals surface area (Å²) in [5.41, 5.74) is 1.39. The van der Waals surface area contributed by atoms with Crippen LogP contribution in [0, 0.1) is 13.8 Å². The zero-order chi connectivity index (χ0) is 16.8. The van der Waals surface area contributed by atoms with E-state index >= 15 is 0 Å². The lowest BCUT2D eigenvalue weighted by molar-refractivity contribution is -0.00894. The van der Waals surface area contributed by atoms with Crippen LogP contribution in [-0.2, 0) is 28.9 Å². The molecule has 1 aliphatic heterocycles. The van der Waals surface area contributed by atoms with E-state index in [1.165, 1.54) is 8.99 Å². The van der Waals surface area contributed by atoms with E-state index in [0.29, 0.717) is 18.8 Å². The third-order valence-electron chi connectivity index (χ3n) is 3.94. The van der Waals surface area contributed by atoms with E-state index in [9.17, 15) is 8.42 Å². The van der Waals surface area contributed by atoms with Crippen molar-refractivity contribution in [2.24, 2.45) is 14.1 Å². The van der Waals surface area contributed by atoms with Gasteiger partial charge in [-0.2, -0.15) is 9.40 Å². The van der Waals surface area contributed by atoms with Crippen molar-refractivity contribution < 1.29 is 13.2 Å². The Bertz CT molecular complexity index is 824. The lowest BCUT2D eigenvalue weighted by atomic mass is 10.3. The number of sulfonamides is 1. The third kappa shape index (κ3) is 2.91. The minimum atomic E-state index is -3.59. The summed E-state index contributed by atoms with van der Waals surface area (Å²) in [5.74, 6) is 0.741. The van der Waals surface area contributed by atoms with E-state index < -0.39 is 10.0 Å². The lowest BCUT2D eigenvalue weighted by Crippen LogP contribution is -2.42. The first-order valence-corrected chi connectivity index (χ1v) is 8.85. The van der Waals surface area contributed by atoms with Crippen LogP contribution in [0.15, 0.2) is 17.3 Å². The van der Waals surface area contributed by atoms with Gasteiger partial charge in [0.05, 0.1) is 18.0 Å². The normalized spacial score (nSPS) is 20.1. The Labute approximate surface area is 135 Å². The first-order chi connectivity index (χ1) is 10.8. The van der Waals surface area contributed by atoms with Crippen molar-refractivity contribution in [1.82, 2.24) is 23.6 Å². The van der Waals surface area contributed by atoms with Crippen molar-refractivity contribution in [3.8, 4) is 0 Å². The molecule has 0 bridgehead atoms. The molecule has 1 aliphatic rings. The van der Waals surface area contributed by atoms with E-state index in [-0.39, 0.29) is 17.5 Å². The molecule has 0 aromatic carbocycles. The highest BCUT2D eigenvalue weighted by molar-refractivity contribution is 7.89. The summed E-state index contributed by atoms with van der Waals surface area (Å²) in [4.78, 5) is 4.69. The zero-order valence-electron chi connectivity index (χ0n) is 13.7. The Balaban J connectivity index is 1.89. The van der Waals surface area contributed by atoms with Crippen LogP contribution in [0.3, 0.4) is 0 Å². The number of hydrogen-bond donors (Lipinski definition) is 0. The van der Waals surface area contributed by atoms with Crippen molar-refractivity contribution >= 4 is 10.0 Å². The van der Waals surface area contributed by atoms with E-state index in [0.717, 1.165) is 11.5 Å². The van der Waals surface area contributed by atoms with Gasteiger partial charge in [0.25, 0.3) is 0 Å². The number of rotatable bonds is 3. The maximum atomic E-state index is 12.9. The average Bonchev–Trinajstić information content (AvgIpc) is 3.00. The Hall–Kier alpha value is -1.71. The van der Waals surface area contributed by atoms with Gasteiger partial charge in [-0.15, -0.1) is 0 Å². The van der Waals surface area contributed by atoms with Gasteiger partial charge >= 0.3 is 0 Å². The van der Waals surface area contributed by atoms with Crippen molar-refractivity contribution in [3.05, 3.63) is 29.6 Å². The van der Waals surface area contributed by atoms with Gasteiger partial charge in [0.2, 0.25) is 10.0 Å². The molecule has 9 heteroatoms. The molecule has 0 radical (unpaired) electrons. The van der Waals surface area contributed by atoms with Gasteiger partial charge in [0.1, 0.15) is 16.8 Å². The monoisotopic (exact) mass is 339 g/mol. The largest absolute Gasteiger partial charge is 0.368 e. The molecule has 3 rings (SSSR count). The van der Waals surface area contributed by atoms with Crippen LogP contribution < -0.4 is 0 Å². The lowest BCUT2D eigenvalue weighted by Gasteiger charge is -2.31. The van der Waals surface area contributed by atoms with Crippen LogP contribution in [0.2, 0.25) is 0 Å². The van der Waals surface area contributed by atoms with Gasteiger partial charge in [-0.05, 0) is 13.8 Å². The van der Waals surface area contributed by atoms with Gasteiger partial charge in [0.15, 0.2) is 0 Å². The van der Waals surface area contributed by atoms with Gasteiger partial charge in [-0.25, -0.2) is 13.4 Å². The summed E-state index contributed by atoms with van der Waals surface area (Å²) >= 11 is 0. The number of imidazole rings is 1. The first-order valence-electron chi connectivity index (χ1n) is 7.41. The minimum Gasteiger partial charge on any atom is -0.368 e. The highest BCUT2D eigenvalue weighted by atomic mass is 32.2. The highest BCUT2D eigenvalue weighted by Crippen LogP contribution is 2.26. The molecular formula is C14H21N5O3S. The minimum absolute atomic E-state index is 0.247. The van der Waals surface area contributed by atoms with E-state index in [1.807, 2.05) is 24.7 Å². The molecule has 0 unspecified atom stereocenters. The Kier molecular flexibility index (Phi) is 4.03. The fraction of sp³-hybridized carbons (Fsp3) is 0.571. The summed E-state index contributed by atoms with van der Waals surface area (Å²) in [7, 11) is 0.0135. The second kappa shape index (κ2) is 5.73. The van der Waals surface area contributed by atoms with Gasteiger partial charge in [-0.3, -0.25) is 4.68 Å². The summed E-state index contributed by atoms with van der Waals surface area (Å²) in [6.45, 7) is 4.53. The fourth-order valence-corrected chi connectivity index (χ4v) is 4.53. The van der Waals surface area contributed by atoms with Crippen LogP contribution >= 0.6 is 0 Å². The molecule has 1 fully saturated rings. The maximum Gasteiger partial charge on any atom is 0.246 e. The molecule has 2 aromatic rings. The molecule has 1 atom stereocenters. The first kappa shape index (κ1) is 16.2. The van der Waals surface area contributed by atoms with E-state index in [2.05, 4.69) is 10.1 Å². The number of ether oxygens (including phenoxy) is 1. The van der Waals surface area contributed by atoms with Crippen LogP contribution in [-0.4, -0.2) is 51.8 Å². The van der Waals surface area contributed by atoms with Gasteiger partial charge < -0.3 is 9.30 Å². The van der Waals surface area contributed by atoms with Crippen LogP contribution in [0.1, 0.15) is 23.3 Å². The average molecular weight is 339 g/mol. The molecule has 0 amide bonds. The molecule has 126 valence electrons. The number of morpholine rings is 1. The molecule has 8 nitrogen and oxygen atoms in total. The van der Waals surface area contributed by atoms with E-state index in [4.69, 9.17) is 4.74 Å². The summed E-state index contributed by atoms with van der Waals surface area (Å²) in [5, 5.41) is 4.13.